The van der Waals surface area contributed by atoms with Gasteiger partial charge in [0, 0.05) is 62.0 Å². The summed E-state index contributed by atoms with van der Waals surface area (Å²) in [5.41, 5.74) is 6.90. The summed E-state index contributed by atoms with van der Waals surface area (Å²) in [5.74, 6) is 0.253. The van der Waals surface area contributed by atoms with E-state index in [2.05, 4.69) is 70.7 Å². The van der Waals surface area contributed by atoms with Gasteiger partial charge in [-0.15, -0.1) is 0 Å². The standard InChI is InChI=1S/C15H18BrN3O2.C12H10BrNO/c16-9-4-5-12-11(8-9)10-2-1-3-13(14(10)19-12)17-6-7-18-15(20)21;13-7-4-5-10-9(6-7)8-2-1-3-11(15)12(8)14-10/h4-5,8,13,17-19H,1-3,6-7H2,(H,20,21);4-6,14H,1-3H2. The number of aromatic nitrogens is 2. The summed E-state index contributed by atoms with van der Waals surface area (Å²) in [4.78, 5) is 28.9. The molecule has 2 aromatic heterocycles. The predicted octanol–water partition coefficient (Wildman–Crippen LogP) is 6.61. The highest BCUT2D eigenvalue weighted by atomic mass is 79.9. The van der Waals surface area contributed by atoms with Crippen molar-refractivity contribution in [2.75, 3.05) is 13.1 Å². The molecule has 2 aromatic carbocycles. The molecule has 0 saturated heterocycles. The molecule has 1 amide bonds. The first-order valence-corrected chi connectivity index (χ1v) is 13.8. The topological polar surface area (TPSA) is 110 Å². The minimum Gasteiger partial charge on any atom is -0.465 e. The number of rotatable bonds is 4. The number of nitrogens with one attached hydrogen (secondary N) is 4. The van der Waals surface area contributed by atoms with Gasteiger partial charge in [-0.3, -0.25) is 4.79 Å². The average molecular weight is 616 g/mol. The number of carboxylic acid groups (broad SMARTS) is 1. The molecule has 0 spiro atoms. The van der Waals surface area contributed by atoms with Gasteiger partial charge in [0.05, 0.1) is 5.69 Å². The van der Waals surface area contributed by atoms with E-state index >= 15 is 0 Å². The fraction of sp³-hybridized carbons (Fsp3) is 0.333. The van der Waals surface area contributed by atoms with Gasteiger partial charge in [0.25, 0.3) is 0 Å². The molecule has 5 N–H and O–H groups in total. The number of ketones is 1. The van der Waals surface area contributed by atoms with Gasteiger partial charge < -0.3 is 25.7 Å². The smallest absolute Gasteiger partial charge is 0.404 e. The van der Waals surface area contributed by atoms with E-state index in [1.54, 1.807) is 0 Å². The number of aryl methyl sites for hydroxylation is 2. The molecule has 2 aliphatic carbocycles. The Morgan fingerprint density at radius 1 is 0.917 bits per heavy atom. The molecule has 1 atom stereocenters. The fourth-order valence-electron chi connectivity index (χ4n) is 5.32. The zero-order chi connectivity index (χ0) is 25.2. The fourth-order valence-corrected chi connectivity index (χ4v) is 6.05. The van der Waals surface area contributed by atoms with Crippen LogP contribution in [0.2, 0.25) is 0 Å². The van der Waals surface area contributed by atoms with Crippen molar-refractivity contribution in [1.82, 2.24) is 20.6 Å². The molecule has 0 saturated carbocycles. The molecule has 6 rings (SSSR count). The van der Waals surface area contributed by atoms with E-state index in [0.29, 0.717) is 19.5 Å². The van der Waals surface area contributed by atoms with Gasteiger partial charge in [0.1, 0.15) is 0 Å². The third-order valence-electron chi connectivity index (χ3n) is 6.94. The van der Waals surface area contributed by atoms with E-state index in [1.165, 1.54) is 33.1 Å². The number of amides is 1. The van der Waals surface area contributed by atoms with E-state index in [-0.39, 0.29) is 11.8 Å². The average Bonchev–Trinajstić information content (AvgIpc) is 3.41. The van der Waals surface area contributed by atoms with Crippen LogP contribution in [0.1, 0.15) is 59.0 Å². The van der Waals surface area contributed by atoms with E-state index in [0.717, 1.165) is 52.3 Å². The quantitative estimate of drug-likeness (QED) is 0.166. The summed E-state index contributed by atoms with van der Waals surface area (Å²) in [6.45, 7) is 1.06. The lowest BCUT2D eigenvalue weighted by Gasteiger charge is -2.24. The monoisotopic (exact) mass is 614 g/mol. The minimum atomic E-state index is -0.975. The second-order valence-electron chi connectivity index (χ2n) is 9.28. The molecule has 0 aliphatic heterocycles. The Morgan fingerprint density at radius 2 is 1.58 bits per heavy atom. The number of hydrogen-bond donors (Lipinski definition) is 5. The lowest BCUT2D eigenvalue weighted by atomic mass is 9.92. The SMILES string of the molecule is O=C(O)NCCNC1CCCc2c1[nH]c1ccc(Br)cc21.O=C1CCCc2c1[nH]c1ccc(Br)cc21. The maximum atomic E-state index is 11.7. The number of aromatic amines is 2. The molecule has 0 bridgehead atoms. The molecule has 2 heterocycles. The van der Waals surface area contributed by atoms with Crippen LogP contribution in [-0.4, -0.2) is 40.0 Å². The van der Waals surface area contributed by atoms with Crippen molar-refractivity contribution in [3.05, 3.63) is 67.9 Å². The molecule has 1 unspecified atom stereocenters. The van der Waals surface area contributed by atoms with Crippen LogP contribution in [0, 0.1) is 0 Å². The van der Waals surface area contributed by atoms with Gasteiger partial charge in [-0.25, -0.2) is 4.79 Å². The highest BCUT2D eigenvalue weighted by Gasteiger charge is 2.24. The second-order valence-corrected chi connectivity index (χ2v) is 11.1. The van der Waals surface area contributed by atoms with Crippen molar-refractivity contribution >= 4 is 65.5 Å². The number of benzene rings is 2. The number of halogens is 2. The lowest BCUT2D eigenvalue weighted by molar-refractivity contribution is 0.0968. The molecule has 7 nitrogen and oxygen atoms in total. The van der Waals surface area contributed by atoms with E-state index in [4.69, 9.17) is 5.11 Å². The molecule has 9 heteroatoms. The van der Waals surface area contributed by atoms with Crippen molar-refractivity contribution < 1.29 is 14.7 Å². The Morgan fingerprint density at radius 3 is 2.31 bits per heavy atom. The number of hydrogen-bond acceptors (Lipinski definition) is 3. The van der Waals surface area contributed by atoms with E-state index < -0.39 is 6.09 Å². The van der Waals surface area contributed by atoms with E-state index in [9.17, 15) is 9.59 Å². The Hall–Kier alpha value is -2.62. The summed E-state index contributed by atoms with van der Waals surface area (Å²) >= 11 is 6.99. The predicted molar refractivity (Wildman–Crippen MR) is 149 cm³/mol. The van der Waals surface area contributed by atoms with Crippen LogP contribution in [-0.2, 0) is 12.8 Å². The largest absolute Gasteiger partial charge is 0.465 e. The summed E-state index contributed by atoms with van der Waals surface area (Å²) in [7, 11) is 0. The van der Waals surface area contributed by atoms with Gasteiger partial charge in [-0.1, -0.05) is 31.9 Å². The third kappa shape index (κ3) is 5.23. The number of carbonyl (C=O) groups is 2. The van der Waals surface area contributed by atoms with Gasteiger partial charge in [-0.2, -0.15) is 0 Å². The number of carbonyl (C=O) groups excluding carboxylic acids is 1. The van der Waals surface area contributed by atoms with Crippen LogP contribution < -0.4 is 10.6 Å². The first kappa shape index (κ1) is 25.0. The summed E-state index contributed by atoms with van der Waals surface area (Å²) in [6.07, 6.45) is 5.02. The summed E-state index contributed by atoms with van der Waals surface area (Å²) < 4.78 is 2.16. The van der Waals surface area contributed by atoms with Crippen LogP contribution in [0.3, 0.4) is 0 Å². The molecule has 0 radical (unpaired) electrons. The van der Waals surface area contributed by atoms with Crippen molar-refractivity contribution in [2.24, 2.45) is 0 Å². The van der Waals surface area contributed by atoms with Crippen molar-refractivity contribution in [2.45, 2.75) is 44.6 Å². The first-order valence-electron chi connectivity index (χ1n) is 12.2. The van der Waals surface area contributed by atoms with E-state index in [1.807, 2.05) is 18.2 Å². The highest BCUT2D eigenvalue weighted by molar-refractivity contribution is 9.10. The second kappa shape index (κ2) is 10.8. The Bertz CT molecular complexity index is 1440. The Labute approximate surface area is 225 Å². The summed E-state index contributed by atoms with van der Waals surface area (Å²) in [5, 5.41) is 16.9. The summed E-state index contributed by atoms with van der Waals surface area (Å²) in [6, 6.07) is 12.7. The lowest BCUT2D eigenvalue weighted by Crippen LogP contribution is -2.34. The zero-order valence-corrected chi connectivity index (χ0v) is 22.9. The van der Waals surface area contributed by atoms with Crippen LogP contribution in [0.5, 0.6) is 0 Å². The normalized spacial score (nSPS) is 16.8. The number of H-pyrrole nitrogens is 2. The van der Waals surface area contributed by atoms with Gasteiger partial charge in [-0.05, 0) is 79.6 Å². The van der Waals surface area contributed by atoms with Crippen LogP contribution in [0.15, 0.2) is 45.3 Å². The van der Waals surface area contributed by atoms with Crippen molar-refractivity contribution in [3.63, 3.8) is 0 Å². The van der Waals surface area contributed by atoms with Gasteiger partial charge in [0.2, 0.25) is 0 Å². The highest BCUT2D eigenvalue weighted by Crippen LogP contribution is 2.35. The van der Waals surface area contributed by atoms with Crippen LogP contribution >= 0.6 is 31.9 Å². The maximum absolute atomic E-state index is 11.7. The van der Waals surface area contributed by atoms with Gasteiger partial charge >= 0.3 is 6.09 Å². The molecule has 0 fully saturated rings. The van der Waals surface area contributed by atoms with Crippen molar-refractivity contribution in [1.29, 1.82) is 0 Å². The molecule has 4 aromatic rings. The first-order chi connectivity index (χ1) is 17.4. The minimum absolute atomic E-state index is 0.253. The Balaban J connectivity index is 0.000000156. The maximum Gasteiger partial charge on any atom is 0.404 e. The zero-order valence-electron chi connectivity index (χ0n) is 19.7. The molecule has 188 valence electrons. The number of fused-ring (bicyclic) bond motifs is 6. The molecular formula is C27H28Br2N4O3. The Kier molecular flexibility index (Phi) is 7.50. The third-order valence-corrected chi connectivity index (χ3v) is 7.93. The van der Waals surface area contributed by atoms with Gasteiger partial charge in [0.15, 0.2) is 5.78 Å². The van der Waals surface area contributed by atoms with Crippen LogP contribution in [0.4, 0.5) is 4.79 Å². The molecule has 2 aliphatic rings. The molecular weight excluding hydrogens is 588 g/mol. The van der Waals surface area contributed by atoms with Crippen LogP contribution in [0.25, 0.3) is 21.8 Å². The number of Topliss-reactive ketones (excluding diaryl/α,β-unsaturated/α-hetero) is 1. The molecule has 36 heavy (non-hydrogen) atoms. The van der Waals surface area contributed by atoms with Crippen molar-refractivity contribution in [3.8, 4) is 0 Å².